The average Bonchev–Trinajstić information content (AvgIpc) is 2.95. The Kier molecular flexibility index (Phi) is 5.10. The molecule has 5 saturated carbocycles. The Morgan fingerprint density at radius 1 is 0.933 bits per heavy atom. The van der Waals surface area contributed by atoms with E-state index in [0.29, 0.717) is 19.4 Å². The lowest BCUT2D eigenvalue weighted by Gasteiger charge is -2.56. The molecule has 0 aromatic heterocycles. The number of esters is 1. The first-order chi connectivity index (χ1) is 14.4. The minimum Gasteiger partial charge on any atom is -0.454 e. The van der Waals surface area contributed by atoms with Crippen LogP contribution in [0.3, 0.4) is 0 Å². The van der Waals surface area contributed by atoms with Crippen molar-refractivity contribution in [2.24, 2.45) is 35.0 Å². The van der Waals surface area contributed by atoms with E-state index in [1.54, 1.807) is 0 Å². The Labute approximate surface area is 177 Å². The molecule has 164 valence electrons. The summed E-state index contributed by atoms with van der Waals surface area (Å²) >= 11 is 0. The van der Waals surface area contributed by atoms with Crippen LogP contribution in [-0.2, 0) is 23.9 Å². The first-order valence-corrected chi connectivity index (χ1v) is 11.7. The van der Waals surface area contributed by atoms with Gasteiger partial charge in [0.2, 0.25) is 11.8 Å². The number of fused-ring (bicyclic) bond motifs is 1. The average molecular weight is 417 g/mol. The van der Waals surface area contributed by atoms with Gasteiger partial charge in [0, 0.05) is 6.54 Å². The molecule has 2 atom stereocenters. The molecule has 7 nitrogen and oxygen atoms in total. The van der Waals surface area contributed by atoms with Gasteiger partial charge in [0.15, 0.2) is 6.61 Å². The maximum atomic E-state index is 12.4. The molecule has 0 unspecified atom stereocenters. The summed E-state index contributed by atoms with van der Waals surface area (Å²) in [4.78, 5) is 50.4. The van der Waals surface area contributed by atoms with Crippen molar-refractivity contribution in [1.29, 1.82) is 0 Å². The van der Waals surface area contributed by atoms with Gasteiger partial charge < -0.3 is 10.1 Å². The number of carbonyl (C=O) groups is 4. The van der Waals surface area contributed by atoms with E-state index < -0.39 is 5.97 Å². The standard InChI is InChI=1S/C23H32N2O5/c26-19(24-13-23-8-14-5-15(9-23)7-16(6-14)10-23)12-30-20(27)11-25-21(28)17-3-1-2-4-18(17)22(25)29/h14-18H,1-13H2,(H,24,26)/t14?,15?,16?,17-,18+,23?. The largest absolute Gasteiger partial charge is 0.454 e. The quantitative estimate of drug-likeness (QED) is 0.528. The van der Waals surface area contributed by atoms with Crippen molar-refractivity contribution in [3.05, 3.63) is 0 Å². The third kappa shape index (κ3) is 3.65. The van der Waals surface area contributed by atoms with Crippen LogP contribution in [-0.4, -0.2) is 48.3 Å². The summed E-state index contributed by atoms with van der Waals surface area (Å²) < 4.78 is 5.09. The van der Waals surface area contributed by atoms with Crippen molar-refractivity contribution in [3.63, 3.8) is 0 Å². The molecule has 1 heterocycles. The summed E-state index contributed by atoms with van der Waals surface area (Å²) in [7, 11) is 0. The Hall–Kier alpha value is -1.92. The summed E-state index contributed by atoms with van der Waals surface area (Å²) in [6.45, 7) is -0.0689. The number of nitrogens with one attached hydrogen (secondary N) is 1. The van der Waals surface area contributed by atoms with Crippen LogP contribution in [0, 0.1) is 35.0 Å². The number of ether oxygens (including phenoxy) is 1. The third-order valence-electron chi connectivity index (χ3n) is 8.41. The highest BCUT2D eigenvalue weighted by Crippen LogP contribution is 2.59. The Bertz CT molecular complexity index is 703. The summed E-state index contributed by atoms with van der Waals surface area (Å²) in [5.41, 5.74) is 0.235. The second kappa shape index (κ2) is 7.65. The van der Waals surface area contributed by atoms with Crippen LogP contribution in [0.4, 0.5) is 0 Å². The van der Waals surface area contributed by atoms with Crippen LogP contribution < -0.4 is 5.32 Å². The van der Waals surface area contributed by atoms with Crippen molar-refractivity contribution in [3.8, 4) is 0 Å². The second-order valence-corrected chi connectivity index (χ2v) is 10.6. The lowest BCUT2D eigenvalue weighted by atomic mass is 9.49. The van der Waals surface area contributed by atoms with E-state index in [9.17, 15) is 19.2 Å². The number of carbonyl (C=O) groups excluding carboxylic acids is 4. The molecular formula is C23H32N2O5. The molecule has 0 aromatic rings. The fourth-order valence-corrected chi connectivity index (χ4v) is 7.55. The smallest absolute Gasteiger partial charge is 0.326 e. The molecule has 6 fully saturated rings. The van der Waals surface area contributed by atoms with E-state index >= 15 is 0 Å². The lowest BCUT2D eigenvalue weighted by molar-refractivity contribution is -0.155. The molecule has 0 radical (unpaired) electrons. The van der Waals surface area contributed by atoms with Crippen LogP contribution >= 0.6 is 0 Å². The molecule has 6 aliphatic rings. The van der Waals surface area contributed by atoms with Gasteiger partial charge in [0.05, 0.1) is 11.8 Å². The zero-order valence-electron chi connectivity index (χ0n) is 17.6. The molecule has 5 aliphatic carbocycles. The minimum absolute atomic E-state index is 0.235. The predicted molar refractivity (Wildman–Crippen MR) is 107 cm³/mol. The molecule has 3 amide bonds. The fraction of sp³-hybridized carbons (Fsp3) is 0.826. The Morgan fingerprint density at radius 2 is 1.47 bits per heavy atom. The van der Waals surface area contributed by atoms with Crippen molar-refractivity contribution < 1.29 is 23.9 Å². The van der Waals surface area contributed by atoms with Gasteiger partial charge in [-0.25, -0.2) is 0 Å². The highest BCUT2D eigenvalue weighted by atomic mass is 16.5. The number of imide groups is 1. The number of hydrogen-bond acceptors (Lipinski definition) is 5. The van der Waals surface area contributed by atoms with E-state index in [1.165, 1.54) is 38.5 Å². The highest BCUT2D eigenvalue weighted by Gasteiger charge is 2.51. The van der Waals surface area contributed by atoms with E-state index in [0.717, 1.165) is 35.5 Å². The fourth-order valence-electron chi connectivity index (χ4n) is 7.55. The first-order valence-electron chi connectivity index (χ1n) is 11.7. The Balaban J connectivity index is 1.07. The lowest BCUT2D eigenvalue weighted by Crippen LogP contribution is -2.51. The molecule has 0 spiro atoms. The van der Waals surface area contributed by atoms with Crippen LogP contribution in [0.1, 0.15) is 64.2 Å². The van der Waals surface area contributed by atoms with E-state index in [2.05, 4.69) is 5.32 Å². The maximum absolute atomic E-state index is 12.4. The van der Waals surface area contributed by atoms with Gasteiger partial charge in [-0.2, -0.15) is 0 Å². The Morgan fingerprint density at radius 3 is 2.00 bits per heavy atom. The number of rotatable bonds is 6. The van der Waals surface area contributed by atoms with Crippen LogP contribution in [0.5, 0.6) is 0 Å². The van der Waals surface area contributed by atoms with Gasteiger partial charge in [-0.3, -0.25) is 24.1 Å². The summed E-state index contributed by atoms with van der Waals surface area (Å²) in [6, 6.07) is 0. The van der Waals surface area contributed by atoms with Gasteiger partial charge in [0.25, 0.3) is 5.91 Å². The highest BCUT2D eigenvalue weighted by molar-refractivity contribution is 6.07. The van der Waals surface area contributed by atoms with Crippen molar-refractivity contribution >= 4 is 23.7 Å². The number of amides is 3. The molecular weight excluding hydrogens is 384 g/mol. The molecule has 1 N–H and O–H groups in total. The summed E-state index contributed by atoms with van der Waals surface area (Å²) in [6.07, 6.45) is 11.0. The summed E-state index contributed by atoms with van der Waals surface area (Å²) in [5.74, 6) is 0.416. The van der Waals surface area contributed by atoms with Crippen LogP contribution in [0.15, 0.2) is 0 Å². The predicted octanol–water partition coefficient (Wildman–Crippen LogP) is 2.04. The molecule has 1 saturated heterocycles. The van der Waals surface area contributed by atoms with E-state index in [-0.39, 0.29) is 48.1 Å². The van der Waals surface area contributed by atoms with E-state index in [4.69, 9.17) is 4.74 Å². The molecule has 7 heteroatoms. The number of nitrogens with zero attached hydrogens (tertiary/aromatic N) is 1. The number of likely N-dealkylation sites (tertiary alicyclic amines) is 1. The first kappa shape index (κ1) is 20.0. The second-order valence-electron chi connectivity index (χ2n) is 10.6. The van der Waals surface area contributed by atoms with Crippen LogP contribution in [0.25, 0.3) is 0 Å². The minimum atomic E-state index is -0.694. The van der Waals surface area contributed by atoms with Gasteiger partial charge in [0.1, 0.15) is 6.54 Å². The van der Waals surface area contributed by atoms with Crippen molar-refractivity contribution in [1.82, 2.24) is 10.2 Å². The van der Waals surface area contributed by atoms with Crippen molar-refractivity contribution in [2.75, 3.05) is 19.7 Å². The SMILES string of the molecule is O=C(COC(=O)CN1C(=O)[C@H]2CCCC[C@H]2C1=O)NCC12CC3CC(CC(C3)C1)C2. The monoisotopic (exact) mass is 416 g/mol. The zero-order chi connectivity index (χ0) is 20.9. The number of hydrogen-bond donors (Lipinski definition) is 1. The van der Waals surface area contributed by atoms with Crippen LogP contribution in [0.2, 0.25) is 0 Å². The molecule has 1 aliphatic heterocycles. The van der Waals surface area contributed by atoms with E-state index in [1.807, 2.05) is 0 Å². The zero-order valence-corrected chi connectivity index (χ0v) is 17.6. The normalized spacial score (nSPS) is 39.2. The molecule has 30 heavy (non-hydrogen) atoms. The van der Waals surface area contributed by atoms with Gasteiger partial charge in [-0.15, -0.1) is 0 Å². The van der Waals surface area contributed by atoms with Gasteiger partial charge in [-0.05, 0) is 74.5 Å². The topological polar surface area (TPSA) is 92.8 Å². The summed E-state index contributed by atoms with van der Waals surface area (Å²) in [5, 5.41) is 2.98. The maximum Gasteiger partial charge on any atom is 0.326 e. The van der Waals surface area contributed by atoms with Gasteiger partial charge in [-0.1, -0.05) is 12.8 Å². The molecule has 0 aromatic carbocycles. The third-order valence-corrected chi connectivity index (χ3v) is 8.41. The molecule has 4 bridgehead atoms. The van der Waals surface area contributed by atoms with Gasteiger partial charge >= 0.3 is 5.97 Å². The molecule has 6 rings (SSSR count). The van der Waals surface area contributed by atoms with Crippen molar-refractivity contribution in [2.45, 2.75) is 64.2 Å².